The molecule has 1 aliphatic rings. The van der Waals surface area contributed by atoms with Crippen molar-refractivity contribution in [3.05, 3.63) is 119 Å². The van der Waals surface area contributed by atoms with Crippen LogP contribution in [-0.4, -0.2) is 23.9 Å². The van der Waals surface area contributed by atoms with Gasteiger partial charge in [0.15, 0.2) is 5.82 Å². The molecule has 1 aliphatic heterocycles. The molecule has 4 aromatic heterocycles. The lowest BCUT2D eigenvalue weighted by Gasteiger charge is -2.45. The van der Waals surface area contributed by atoms with Gasteiger partial charge in [-0.2, -0.15) is 0 Å². The molecule has 0 fully saturated rings. The zero-order chi connectivity index (χ0) is 32.1. The lowest BCUT2D eigenvalue weighted by molar-refractivity contribution is 0.288. The predicted octanol–water partition coefficient (Wildman–Crippen LogP) is 10.2. The molecule has 0 saturated heterocycles. The lowest BCUT2D eigenvalue weighted by Crippen LogP contribution is -2.44. The number of hydrogen-bond donors (Lipinski definition) is 1. The fourth-order valence-corrected chi connectivity index (χ4v) is 7.86. The van der Waals surface area contributed by atoms with Gasteiger partial charge in [-0.1, -0.05) is 104 Å². The Kier molecular flexibility index (Phi) is 6.22. The number of rotatable bonds is 6. The van der Waals surface area contributed by atoms with Crippen molar-refractivity contribution < 1.29 is 0 Å². The third-order valence-electron chi connectivity index (χ3n) is 11.1. The number of aromatic nitrogens is 5. The number of hydrogen-bond acceptors (Lipinski definition) is 2. The lowest BCUT2D eigenvalue weighted by atomic mass is 9.61. The van der Waals surface area contributed by atoms with Crippen LogP contribution in [0.25, 0.3) is 44.5 Å². The Morgan fingerprint density at radius 3 is 2.24 bits per heavy atom. The first-order valence-corrected chi connectivity index (χ1v) is 16.7. The molecule has 5 heterocycles. The van der Waals surface area contributed by atoms with Crippen LogP contribution < -0.4 is 0 Å². The van der Waals surface area contributed by atoms with E-state index in [2.05, 4.69) is 148 Å². The Morgan fingerprint density at radius 2 is 1.50 bits per heavy atom. The van der Waals surface area contributed by atoms with E-state index in [0.717, 1.165) is 29.3 Å². The van der Waals surface area contributed by atoms with Crippen molar-refractivity contribution >= 4 is 27.3 Å². The van der Waals surface area contributed by atoms with Gasteiger partial charge < -0.3 is 4.98 Å². The summed E-state index contributed by atoms with van der Waals surface area (Å²) in [5, 5.41) is 3.77. The Hall–Kier alpha value is -4.64. The summed E-state index contributed by atoms with van der Waals surface area (Å²) in [7, 11) is 0. The van der Waals surface area contributed by atoms with E-state index in [0.29, 0.717) is 11.8 Å². The molecule has 0 spiro atoms. The first-order valence-electron chi connectivity index (χ1n) is 16.7. The highest BCUT2D eigenvalue weighted by atomic mass is 15.1. The number of imidazole rings is 2. The number of aromatic amines is 1. The second-order valence-corrected chi connectivity index (χ2v) is 14.9. The van der Waals surface area contributed by atoms with Gasteiger partial charge in [-0.05, 0) is 57.7 Å². The average molecular weight is 606 g/mol. The van der Waals surface area contributed by atoms with Crippen molar-refractivity contribution in [2.75, 3.05) is 0 Å². The monoisotopic (exact) mass is 605 g/mol. The van der Waals surface area contributed by atoms with Gasteiger partial charge in [0.25, 0.3) is 0 Å². The largest absolute Gasteiger partial charge is 0.356 e. The minimum atomic E-state index is -0.0586. The fourth-order valence-electron chi connectivity index (χ4n) is 7.86. The maximum atomic E-state index is 5.07. The van der Waals surface area contributed by atoms with Crippen LogP contribution in [0.4, 0.5) is 0 Å². The number of fused-ring (bicyclic) bond motifs is 3. The van der Waals surface area contributed by atoms with Crippen molar-refractivity contribution in [3.8, 4) is 17.2 Å². The van der Waals surface area contributed by atoms with Crippen molar-refractivity contribution in [2.45, 2.75) is 84.5 Å². The standard InChI is InChI=1S/C41H43N5/c1-24(2)28-11-9-12-29(25(3)4)36(28)45-20-19-42-39(45)34-18-16-27(44-34)21-26-15-17-30-31-13-10-14-33-37(31)46-35(41(7,8)40(33,5)6)23-43-38(46)32(30)22-26/h9-20,22-25,44H,21H2,1-8H3. The molecular formula is C41H43N5. The molecule has 3 aromatic carbocycles. The summed E-state index contributed by atoms with van der Waals surface area (Å²) in [4.78, 5) is 13.6. The first-order chi connectivity index (χ1) is 22.0. The second-order valence-electron chi connectivity index (χ2n) is 14.9. The van der Waals surface area contributed by atoms with Crippen molar-refractivity contribution in [1.82, 2.24) is 23.9 Å². The summed E-state index contributed by atoms with van der Waals surface area (Å²) in [5.74, 6) is 1.75. The van der Waals surface area contributed by atoms with Crippen LogP contribution in [-0.2, 0) is 17.3 Å². The summed E-state index contributed by atoms with van der Waals surface area (Å²) in [6, 6.07) is 24.8. The highest BCUT2D eigenvalue weighted by Gasteiger charge is 2.46. The molecule has 232 valence electrons. The van der Waals surface area contributed by atoms with E-state index < -0.39 is 0 Å². The summed E-state index contributed by atoms with van der Waals surface area (Å²) >= 11 is 0. The van der Waals surface area contributed by atoms with Crippen LogP contribution in [0.3, 0.4) is 0 Å². The summed E-state index contributed by atoms with van der Waals surface area (Å²) < 4.78 is 4.71. The second kappa shape index (κ2) is 9.93. The SMILES string of the molecule is CC(C)c1cccc(C(C)C)c1-n1ccnc1-c1ccc(Cc2ccc3c(c2)c2ncc4n2c2c(cccc32)C(C)(C)C4(C)C)[nH]1. The maximum absolute atomic E-state index is 5.07. The van der Waals surface area contributed by atoms with Gasteiger partial charge in [0, 0.05) is 58.0 Å². The summed E-state index contributed by atoms with van der Waals surface area (Å²) in [6.45, 7) is 18.5. The van der Waals surface area contributed by atoms with E-state index in [1.54, 1.807) is 0 Å². The van der Waals surface area contributed by atoms with Gasteiger partial charge in [0.2, 0.25) is 0 Å². The molecule has 0 bridgehead atoms. The summed E-state index contributed by atoms with van der Waals surface area (Å²) in [5.41, 5.74) is 12.3. The van der Waals surface area contributed by atoms with Crippen LogP contribution in [0, 0.1) is 0 Å². The van der Waals surface area contributed by atoms with Crippen LogP contribution in [0.5, 0.6) is 0 Å². The Balaban J connectivity index is 1.21. The van der Waals surface area contributed by atoms with Gasteiger partial charge in [-0.15, -0.1) is 0 Å². The summed E-state index contributed by atoms with van der Waals surface area (Å²) in [6.07, 6.45) is 6.92. The Morgan fingerprint density at radius 1 is 0.761 bits per heavy atom. The third kappa shape index (κ3) is 3.93. The molecule has 0 unspecified atom stereocenters. The molecule has 1 N–H and O–H groups in total. The smallest absolute Gasteiger partial charge is 0.161 e. The molecule has 0 amide bonds. The van der Waals surface area contributed by atoms with Crippen LogP contribution in [0.1, 0.15) is 101 Å². The Labute approximate surface area is 271 Å². The van der Waals surface area contributed by atoms with Gasteiger partial charge in [0.05, 0.1) is 16.9 Å². The van der Waals surface area contributed by atoms with Crippen LogP contribution >= 0.6 is 0 Å². The van der Waals surface area contributed by atoms with Gasteiger partial charge in [-0.25, -0.2) is 9.97 Å². The van der Waals surface area contributed by atoms with E-state index in [9.17, 15) is 0 Å². The van der Waals surface area contributed by atoms with Crippen LogP contribution in [0.15, 0.2) is 85.3 Å². The molecule has 5 nitrogen and oxygen atoms in total. The van der Waals surface area contributed by atoms with Gasteiger partial charge in [0.1, 0.15) is 5.65 Å². The topological polar surface area (TPSA) is 50.9 Å². The highest BCUT2D eigenvalue weighted by Crippen LogP contribution is 2.51. The predicted molar refractivity (Wildman–Crippen MR) is 191 cm³/mol. The van der Waals surface area contributed by atoms with Crippen molar-refractivity contribution in [3.63, 3.8) is 0 Å². The third-order valence-corrected chi connectivity index (χ3v) is 11.1. The molecular weight excluding hydrogens is 562 g/mol. The number of pyridine rings is 1. The molecule has 46 heavy (non-hydrogen) atoms. The Bertz CT molecular complexity index is 2280. The normalized spacial score (nSPS) is 15.3. The number of nitrogens with one attached hydrogen (secondary N) is 1. The van der Waals surface area contributed by atoms with Crippen molar-refractivity contribution in [1.29, 1.82) is 0 Å². The average Bonchev–Trinajstić information content (AvgIpc) is 3.80. The fraction of sp³-hybridized carbons (Fsp3) is 0.317. The zero-order valence-electron chi connectivity index (χ0n) is 28.2. The number of H-pyrrole nitrogens is 1. The number of nitrogens with zero attached hydrogens (tertiary/aromatic N) is 4. The van der Waals surface area contributed by atoms with E-state index in [4.69, 9.17) is 9.97 Å². The van der Waals surface area contributed by atoms with Gasteiger partial charge in [-0.3, -0.25) is 8.97 Å². The molecule has 0 saturated carbocycles. The molecule has 0 atom stereocenters. The van der Waals surface area contributed by atoms with E-state index >= 15 is 0 Å². The minimum Gasteiger partial charge on any atom is -0.356 e. The highest BCUT2D eigenvalue weighted by molar-refractivity contribution is 6.13. The number of benzene rings is 3. The number of para-hydroxylation sites is 2. The molecule has 0 aliphatic carbocycles. The molecule has 8 rings (SSSR count). The van der Waals surface area contributed by atoms with Crippen LogP contribution in [0.2, 0.25) is 0 Å². The van der Waals surface area contributed by atoms with Crippen molar-refractivity contribution in [2.24, 2.45) is 0 Å². The van der Waals surface area contributed by atoms with E-state index in [1.165, 1.54) is 55.3 Å². The maximum Gasteiger partial charge on any atom is 0.161 e. The minimum absolute atomic E-state index is 0.0175. The van der Waals surface area contributed by atoms with E-state index in [1.807, 2.05) is 6.20 Å². The van der Waals surface area contributed by atoms with Gasteiger partial charge >= 0.3 is 0 Å². The molecule has 7 aromatic rings. The first kappa shape index (κ1) is 28.8. The zero-order valence-corrected chi connectivity index (χ0v) is 28.2. The molecule has 5 heteroatoms. The molecule has 0 radical (unpaired) electrons. The quantitative estimate of drug-likeness (QED) is 0.192. The van der Waals surface area contributed by atoms with E-state index in [-0.39, 0.29) is 10.8 Å².